The zero-order valence-electron chi connectivity index (χ0n) is 17.3. The first-order chi connectivity index (χ1) is 15.0. The Morgan fingerprint density at radius 3 is 2.61 bits per heavy atom. The van der Waals surface area contributed by atoms with Gasteiger partial charge in [0.15, 0.2) is 0 Å². The van der Waals surface area contributed by atoms with E-state index in [0.717, 1.165) is 34.7 Å². The molecule has 31 heavy (non-hydrogen) atoms. The number of halogens is 1. The molecule has 1 N–H and O–H groups in total. The van der Waals surface area contributed by atoms with Crippen LogP contribution in [0.1, 0.15) is 45.1 Å². The van der Waals surface area contributed by atoms with Crippen molar-refractivity contribution in [2.75, 3.05) is 13.1 Å². The molecule has 0 spiro atoms. The number of benzene rings is 2. The molecule has 0 aliphatic carbocycles. The molecule has 2 heterocycles. The summed E-state index contributed by atoms with van der Waals surface area (Å²) in [6.45, 7) is 2.90. The van der Waals surface area contributed by atoms with Crippen molar-refractivity contribution in [1.29, 1.82) is 0 Å². The van der Waals surface area contributed by atoms with Crippen molar-refractivity contribution < 1.29 is 14.0 Å². The summed E-state index contributed by atoms with van der Waals surface area (Å²) in [5.74, 6) is -0.746. The Bertz CT molecular complexity index is 1070. The summed E-state index contributed by atoms with van der Waals surface area (Å²) in [5, 5.41) is 3.75. The predicted molar refractivity (Wildman–Crippen MR) is 120 cm³/mol. The third-order valence-corrected chi connectivity index (χ3v) is 6.49. The van der Waals surface area contributed by atoms with Crippen molar-refractivity contribution >= 4 is 23.2 Å². The number of likely N-dealkylation sites (tertiary alicyclic amines) is 1. The van der Waals surface area contributed by atoms with Gasteiger partial charge in [-0.05, 0) is 56.0 Å². The summed E-state index contributed by atoms with van der Waals surface area (Å²) in [5.41, 5.74) is 1.86. The van der Waals surface area contributed by atoms with Crippen molar-refractivity contribution in [3.8, 4) is 10.4 Å². The first-order valence-corrected chi connectivity index (χ1v) is 11.2. The van der Waals surface area contributed by atoms with Crippen LogP contribution < -0.4 is 5.32 Å². The summed E-state index contributed by atoms with van der Waals surface area (Å²) in [7, 11) is 0. The average Bonchev–Trinajstić information content (AvgIpc) is 3.20. The number of piperidine rings is 1. The number of amides is 2. The number of rotatable bonds is 5. The molecule has 1 fully saturated rings. The lowest BCUT2D eigenvalue weighted by Gasteiger charge is -2.35. The minimum absolute atomic E-state index is 0.0936. The molecule has 7 heteroatoms. The van der Waals surface area contributed by atoms with Crippen LogP contribution in [-0.4, -0.2) is 40.8 Å². The number of nitrogens with zero attached hydrogens (tertiary/aromatic N) is 2. The largest absolute Gasteiger partial charge is 0.350 e. The number of hydrogen-bond acceptors (Lipinski definition) is 4. The quantitative estimate of drug-likeness (QED) is 0.630. The standard InChI is InChI=1S/C24H24FN3O2S/c1-16-27-21(22(31-16)17-7-3-2-4-8-17)24(30)28-14-6-5-9-20(28)15-26-23(29)18-10-12-19(25)13-11-18/h2-4,7-8,10-13,20H,5-6,9,14-15H2,1H3,(H,26,29). The van der Waals surface area contributed by atoms with Gasteiger partial charge in [0.1, 0.15) is 11.5 Å². The van der Waals surface area contributed by atoms with E-state index in [9.17, 15) is 14.0 Å². The van der Waals surface area contributed by atoms with E-state index in [-0.39, 0.29) is 23.7 Å². The molecule has 1 atom stereocenters. The van der Waals surface area contributed by atoms with E-state index in [0.29, 0.717) is 24.3 Å². The van der Waals surface area contributed by atoms with E-state index < -0.39 is 0 Å². The zero-order chi connectivity index (χ0) is 21.8. The molecule has 5 nitrogen and oxygen atoms in total. The predicted octanol–water partition coefficient (Wildman–Crippen LogP) is 4.68. The first kappa shape index (κ1) is 21.2. The number of nitrogens with one attached hydrogen (secondary N) is 1. The summed E-state index contributed by atoms with van der Waals surface area (Å²) in [6.07, 6.45) is 2.75. The third-order valence-electron chi connectivity index (χ3n) is 5.47. The highest BCUT2D eigenvalue weighted by molar-refractivity contribution is 7.15. The van der Waals surface area contributed by atoms with E-state index in [1.165, 1.54) is 35.6 Å². The van der Waals surface area contributed by atoms with Gasteiger partial charge in [0.05, 0.1) is 9.88 Å². The Morgan fingerprint density at radius 1 is 1.13 bits per heavy atom. The SMILES string of the molecule is Cc1nc(C(=O)N2CCCCC2CNC(=O)c2ccc(F)cc2)c(-c2ccccc2)s1. The van der Waals surface area contributed by atoms with Crippen LogP contribution in [0.3, 0.4) is 0 Å². The fourth-order valence-corrected chi connectivity index (χ4v) is 4.80. The van der Waals surface area contributed by atoms with Crippen LogP contribution in [0.25, 0.3) is 10.4 Å². The van der Waals surface area contributed by atoms with Crippen LogP contribution in [0.2, 0.25) is 0 Å². The van der Waals surface area contributed by atoms with Gasteiger partial charge in [0.25, 0.3) is 11.8 Å². The second-order valence-corrected chi connectivity index (χ2v) is 8.84. The summed E-state index contributed by atoms with van der Waals surface area (Å²) in [6, 6.07) is 15.2. The number of thiazole rings is 1. The van der Waals surface area contributed by atoms with Gasteiger partial charge >= 0.3 is 0 Å². The van der Waals surface area contributed by atoms with Gasteiger partial charge in [0, 0.05) is 24.7 Å². The van der Waals surface area contributed by atoms with Crippen molar-refractivity contribution in [1.82, 2.24) is 15.2 Å². The highest BCUT2D eigenvalue weighted by atomic mass is 32.1. The molecule has 1 aliphatic rings. The van der Waals surface area contributed by atoms with Crippen molar-refractivity contribution in [2.24, 2.45) is 0 Å². The van der Waals surface area contributed by atoms with Gasteiger partial charge in [0.2, 0.25) is 0 Å². The molecule has 3 aromatic rings. The van der Waals surface area contributed by atoms with Gasteiger partial charge in [-0.15, -0.1) is 11.3 Å². The zero-order valence-corrected chi connectivity index (χ0v) is 18.1. The Labute approximate surface area is 184 Å². The second-order valence-electron chi connectivity index (χ2n) is 7.64. The van der Waals surface area contributed by atoms with E-state index in [1.807, 2.05) is 42.2 Å². The van der Waals surface area contributed by atoms with Crippen LogP contribution in [0.15, 0.2) is 54.6 Å². The van der Waals surface area contributed by atoms with E-state index in [4.69, 9.17) is 0 Å². The third kappa shape index (κ3) is 4.82. The van der Waals surface area contributed by atoms with Crippen LogP contribution in [-0.2, 0) is 0 Å². The molecule has 2 aromatic carbocycles. The van der Waals surface area contributed by atoms with Crippen molar-refractivity contribution in [3.63, 3.8) is 0 Å². The van der Waals surface area contributed by atoms with Crippen molar-refractivity contribution in [2.45, 2.75) is 32.2 Å². The first-order valence-electron chi connectivity index (χ1n) is 10.4. The Balaban J connectivity index is 1.51. The number of hydrogen-bond donors (Lipinski definition) is 1. The minimum atomic E-state index is -0.381. The molecular formula is C24H24FN3O2S. The maximum absolute atomic E-state index is 13.5. The van der Waals surface area contributed by atoms with Gasteiger partial charge in [-0.2, -0.15) is 0 Å². The molecule has 0 saturated carbocycles. The van der Waals surface area contributed by atoms with E-state index in [1.54, 1.807) is 0 Å². The lowest BCUT2D eigenvalue weighted by molar-refractivity contribution is 0.0598. The topological polar surface area (TPSA) is 62.3 Å². The number of aromatic nitrogens is 1. The molecule has 1 saturated heterocycles. The smallest absolute Gasteiger partial charge is 0.274 e. The molecule has 4 rings (SSSR count). The Hall–Kier alpha value is -3.06. The van der Waals surface area contributed by atoms with Crippen LogP contribution in [0, 0.1) is 12.7 Å². The van der Waals surface area contributed by atoms with E-state index in [2.05, 4.69) is 10.3 Å². The van der Waals surface area contributed by atoms with Crippen molar-refractivity contribution in [3.05, 3.63) is 76.7 Å². The maximum Gasteiger partial charge on any atom is 0.274 e. The highest BCUT2D eigenvalue weighted by Crippen LogP contribution is 2.32. The second kappa shape index (κ2) is 9.39. The lowest BCUT2D eigenvalue weighted by Crippen LogP contribution is -2.49. The van der Waals surface area contributed by atoms with Crippen LogP contribution >= 0.6 is 11.3 Å². The van der Waals surface area contributed by atoms with Gasteiger partial charge in [-0.25, -0.2) is 9.37 Å². The van der Waals surface area contributed by atoms with Crippen LogP contribution in [0.4, 0.5) is 4.39 Å². The Morgan fingerprint density at radius 2 is 1.87 bits per heavy atom. The minimum Gasteiger partial charge on any atom is -0.350 e. The molecule has 1 aromatic heterocycles. The van der Waals surface area contributed by atoms with Crippen LogP contribution in [0.5, 0.6) is 0 Å². The Kier molecular flexibility index (Phi) is 6.42. The van der Waals surface area contributed by atoms with E-state index >= 15 is 0 Å². The summed E-state index contributed by atoms with van der Waals surface area (Å²) >= 11 is 1.52. The maximum atomic E-state index is 13.5. The van der Waals surface area contributed by atoms with Gasteiger partial charge < -0.3 is 10.2 Å². The molecular weight excluding hydrogens is 413 g/mol. The molecule has 0 radical (unpaired) electrons. The molecule has 160 valence electrons. The summed E-state index contributed by atoms with van der Waals surface area (Å²) < 4.78 is 13.1. The number of carbonyl (C=O) groups excluding carboxylic acids is 2. The number of aryl methyl sites for hydroxylation is 1. The number of carbonyl (C=O) groups is 2. The van der Waals surface area contributed by atoms with Gasteiger partial charge in [-0.3, -0.25) is 9.59 Å². The molecule has 2 amide bonds. The molecule has 0 bridgehead atoms. The average molecular weight is 438 g/mol. The fourth-order valence-electron chi connectivity index (χ4n) is 3.89. The highest BCUT2D eigenvalue weighted by Gasteiger charge is 2.31. The van der Waals surface area contributed by atoms with Gasteiger partial charge in [-0.1, -0.05) is 30.3 Å². The summed E-state index contributed by atoms with van der Waals surface area (Å²) in [4.78, 5) is 33.2. The lowest BCUT2D eigenvalue weighted by atomic mass is 10.0. The molecule has 1 unspecified atom stereocenters. The monoisotopic (exact) mass is 437 g/mol. The molecule has 1 aliphatic heterocycles. The normalized spacial score (nSPS) is 16.2. The fraction of sp³-hybridized carbons (Fsp3) is 0.292.